The van der Waals surface area contributed by atoms with Crippen molar-refractivity contribution in [3.8, 4) is 17.2 Å². The zero-order valence-electron chi connectivity index (χ0n) is 20.3. The van der Waals surface area contributed by atoms with Crippen LogP contribution in [0.25, 0.3) is 0 Å². The lowest BCUT2D eigenvalue weighted by atomic mass is 10.1. The summed E-state index contributed by atoms with van der Waals surface area (Å²) in [4.78, 5) is 38.3. The summed E-state index contributed by atoms with van der Waals surface area (Å²) in [7, 11) is 2.95. The summed E-state index contributed by atoms with van der Waals surface area (Å²) in [5.74, 6) is -0.524. The Morgan fingerprint density at radius 1 is 0.833 bits per heavy atom. The van der Waals surface area contributed by atoms with Crippen molar-refractivity contribution in [3.63, 3.8) is 0 Å². The second-order valence-electron chi connectivity index (χ2n) is 7.45. The number of hydrogen-bond acceptors (Lipinski definition) is 7. The average Bonchev–Trinajstić information content (AvgIpc) is 2.91. The lowest BCUT2D eigenvalue weighted by Gasteiger charge is -2.19. The first-order valence-corrected chi connectivity index (χ1v) is 11.2. The third-order valence-corrected chi connectivity index (χ3v) is 5.07. The van der Waals surface area contributed by atoms with Gasteiger partial charge >= 0.3 is 5.97 Å². The van der Waals surface area contributed by atoms with Gasteiger partial charge in [0, 0.05) is 11.1 Å². The highest BCUT2D eigenvalue weighted by atomic mass is 16.5. The largest absolute Gasteiger partial charge is 0.493 e. The van der Waals surface area contributed by atoms with E-state index in [0.717, 1.165) is 0 Å². The number of rotatable bonds is 11. The van der Waals surface area contributed by atoms with Crippen molar-refractivity contribution in [2.24, 2.45) is 0 Å². The van der Waals surface area contributed by atoms with E-state index in [4.69, 9.17) is 18.9 Å². The van der Waals surface area contributed by atoms with E-state index >= 15 is 0 Å². The second kappa shape index (κ2) is 12.8. The van der Waals surface area contributed by atoms with E-state index in [1.165, 1.54) is 26.4 Å². The quantitative estimate of drug-likeness (QED) is 0.392. The monoisotopic (exact) mass is 492 g/mol. The number of carbonyl (C=O) groups is 3. The Morgan fingerprint density at radius 3 is 2.22 bits per heavy atom. The fourth-order valence-electron chi connectivity index (χ4n) is 3.36. The minimum atomic E-state index is -1.24. The van der Waals surface area contributed by atoms with Gasteiger partial charge < -0.3 is 29.6 Å². The minimum absolute atomic E-state index is 0.269. The zero-order chi connectivity index (χ0) is 25.9. The number of ether oxygens (including phenoxy) is 4. The van der Waals surface area contributed by atoms with Gasteiger partial charge in [-0.1, -0.05) is 42.5 Å². The Hall–Kier alpha value is -4.53. The molecule has 0 aliphatic heterocycles. The summed E-state index contributed by atoms with van der Waals surface area (Å²) in [5, 5.41) is 5.26. The summed E-state index contributed by atoms with van der Waals surface area (Å²) >= 11 is 0. The number of carbonyl (C=O) groups excluding carboxylic acids is 3. The predicted molar refractivity (Wildman–Crippen MR) is 133 cm³/mol. The van der Waals surface area contributed by atoms with Crippen LogP contribution in [0.15, 0.2) is 72.8 Å². The molecule has 0 saturated heterocycles. The van der Waals surface area contributed by atoms with Gasteiger partial charge in [0.15, 0.2) is 11.5 Å². The van der Waals surface area contributed by atoms with Gasteiger partial charge in [-0.15, -0.1) is 0 Å². The third-order valence-electron chi connectivity index (χ3n) is 5.07. The number of methoxy groups -OCH3 is 2. The Kier molecular flexibility index (Phi) is 9.27. The fraction of sp³-hybridized carbons (Fsp3) is 0.222. The van der Waals surface area contributed by atoms with Crippen molar-refractivity contribution in [1.82, 2.24) is 5.32 Å². The van der Waals surface area contributed by atoms with Crippen LogP contribution < -0.4 is 24.8 Å². The van der Waals surface area contributed by atoms with Crippen LogP contribution in [-0.4, -0.2) is 45.2 Å². The van der Waals surface area contributed by atoms with Crippen LogP contribution in [0.1, 0.15) is 28.9 Å². The van der Waals surface area contributed by atoms with E-state index in [1.807, 2.05) is 6.92 Å². The molecule has 188 valence electrons. The summed E-state index contributed by atoms with van der Waals surface area (Å²) < 4.78 is 21.4. The normalized spacial score (nSPS) is 11.1. The number of nitrogens with one attached hydrogen (secondary N) is 2. The standard InChI is InChI=1S/C27H28N2O7/c1-4-35-21-13-9-8-12-20(21)29-27(32)25(18-10-6-5-7-11-18)36-24(30)17-28-26(31)19-14-15-22(33-2)23(16-19)34-3/h5-16,25H,4,17H2,1-3H3,(H,28,31)(H,29,32)/t25-/m0/s1. The summed E-state index contributed by atoms with van der Waals surface area (Å²) in [6.45, 7) is 1.81. The molecule has 0 radical (unpaired) electrons. The van der Waals surface area contributed by atoms with Gasteiger partial charge in [-0.2, -0.15) is 0 Å². The van der Waals surface area contributed by atoms with E-state index < -0.39 is 30.4 Å². The summed E-state index contributed by atoms with van der Waals surface area (Å²) in [6, 6.07) is 20.2. The van der Waals surface area contributed by atoms with Crippen LogP contribution in [0.5, 0.6) is 17.2 Å². The molecule has 0 aliphatic carbocycles. The maximum absolute atomic E-state index is 13.1. The fourth-order valence-corrected chi connectivity index (χ4v) is 3.36. The second-order valence-corrected chi connectivity index (χ2v) is 7.45. The molecule has 3 aromatic carbocycles. The topological polar surface area (TPSA) is 112 Å². The van der Waals surface area contributed by atoms with Crippen molar-refractivity contribution >= 4 is 23.5 Å². The number of hydrogen-bond donors (Lipinski definition) is 2. The van der Waals surface area contributed by atoms with E-state index in [0.29, 0.717) is 35.1 Å². The highest BCUT2D eigenvalue weighted by Gasteiger charge is 2.26. The smallest absolute Gasteiger partial charge is 0.326 e. The molecule has 0 saturated carbocycles. The van der Waals surface area contributed by atoms with Gasteiger partial charge in [0.2, 0.25) is 6.10 Å². The molecule has 9 heteroatoms. The highest BCUT2D eigenvalue weighted by molar-refractivity contribution is 5.98. The Bertz CT molecular complexity index is 1200. The van der Waals surface area contributed by atoms with E-state index in [1.54, 1.807) is 60.7 Å². The molecule has 0 heterocycles. The molecule has 0 spiro atoms. The van der Waals surface area contributed by atoms with E-state index in [9.17, 15) is 14.4 Å². The van der Waals surface area contributed by atoms with Crippen LogP contribution in [-0.2, 0) is 14.3 Å². The highest BCUT2D eigenvalue weighted by Crippen LogP contribution is 2.28. The average molecular weight is 493 g/mol. The number of amides is 2. The maximum atomic E-state index is 13.1. The van der Waals surface area contributed by atoms with Crippen molar-refractivity contribution in [2.75, 3.05) is 32.7 Å². The van der Waals surface area contributed by atoms with E-state index in [-0.39, 0.29) is 5.56 Å². The van der Waals surface area contributed by atoms with Crippen LogP contribution >= 0.6 is 0 Å². The molecule has 2 amide bonds. The molecule has 0 aliphatic rings. The SMILES string of the molecule is CCOc1ccccc1NC(=O)[C@@H](OC(=O)CNC(=O)c1ccc(OC)c(OC)c1)c1ccccc1. The van der Waals surface area contributed by atoms with Gasteiger partial charge in [0.25, 0.3) is 11.8 Å². The molecular weight excluding hydrogens is 464 g/mol. The number of anilines is 1. The van der Waals surface area contributed by atoms with Crippen molar-refractivity contribution in [1.29, 1.82) is 0 Å². The molecular formula is C27H28N2O7. The predicted octanol–water partition coefficient (Wildman–Crippen LogP) is 3.76. The molecule has 3 aromatic rings. The van der Waals surface area contributed by atoms with Gasteiger partial charge in [0.05, 0.1) is 26.5 Å². The van der Waals surface area contributed by atoms with Crippen molar-refractivity contribution in [2.45, 2.75) is 13.0 Å². The van der Waals surface area contributed by atoms with Crippen LogP contribution in [0.3, 0.4) is 0 Å². The molecule has 2 N–H and O–H groups in total. The molecule has 9 nitrogen and oxygen atoms in total. The molecule has 3 rings (SSSR count). The minimum Gasteiger partial charge on any atom is -0.493 e. The van der Waals surface area contributed by atoms with E-state index in [2.05, 4.69) is 10.6 Å². The Morgan fingerprint density at radius 2 is 1.53 bits per heavy atom. The molecule has 0 aromatic heterocycles. The third kappa shape index (κ3) is 6.75. The van der Waals surface area contributed by atoms with Gasteiger partial charge in [-0.25, -0.2) is 0 Å². The number of benzene rings is 3. The first-order valence-electron chi connectivity index (χ1n) is 11.2. The zero-order valence-corrected chi connectivity index (χ0v) is 20.3. The van der Waals surface area contributed by atoms with Crippen LogP contribution in [0, 0.1) is 0 Å². The van der Waals surface area contributed by atoms with Crippen LogP contribution in [0.4, 0.5) is 5.69 Å². The van der Waals surface area contributed by atoms with Gasteiger partial charge in [-0.05, 0) is 37.3 Å². The summed E-state index contributed by atoms with van der Waals surface area (Å²) in [6.07, 6.45) is -1.24. The molecule has 36 heavy (non-hydrogen) atoms. The van der Waals surface area contributed by atoms with Gasteiger partial charge in [0.1, 0.15) is 12.3 Å². The molecule has 0 unspecified atom stereocenters. The first kappa shape index (κ1) is 26.1. The molecule has 0 bridgehead atoms. The number of para-hydroxylation sites is 2. The first-order chi connectivity index (χ1) is 17.5. The van der Waals surface area contributed by atoms with Gasteiger partial charge in [-0.3, -0.25) is 14.4 Å². The maximum Gasteiger partial charge on any atom is 0.326 e. The summed E-state index contributed by atoms with van der Waals surface area (Å²) in [5.41, 5.74) is 1.19. The van der Waals surface area contributed by atoms with Crippen molar-refractivity contribution in [3.05, 3.63) is 83.9 Å². The number of esters is 1. The van der Waals surface area contributed by atoms with Crippen molar-refractivity contribution < 1.29 is 33.3 Å². The molecule has 0 fully saturated rings. The lowest BCUT2D eigenvalue weighted by molar-refractivity contribution is -0.153. The Balaban J connectivity index is 1.70. The van der Waals surface area contributed by atoms with Crippen LogP contribution in [0.2, 0.25) is 0 Å². The molecule has 1 atom stereocenters. The lowest BCUT2D eigenvalue weighted by Crippen LogP contribution is -2.33. The Labute approximate surface area is 209 Å².